The van der Waals surface area contributed by atoms with Crippen LogP contribution in [0, 0.1) is 22.9 Å². The molecule has 2 aromatic carbocycles. The Labute approximate surface area is 217 Å². The summed E-state index contributed by atoms with van der Waals surface area (Å²) in [7, 11) is 1.74. The lowest BCUT2D eigenvalue weighted by atomic mass is 9.75. The number of hydroxylamine groups is 2. The molecule has 0 radical (unpaired) electrons. The molecule has 0 aromatic heterocycles. The third-order valence-corrected chi connectivity index (χ3v) is 6.93. The van der Waals surface area contributed by atoms with Gasteiger partial charge in [-0.3, -0.25) is 14.9 Å². The van der Waals surface area contributed by atoms with Gasteiger partial charge in [0.2, 0.25) is 0 Å². The van der Waals surface area contributed by atoms with E-state index in [-0.39, 0.29) is 41.7 Å². The number of carbonyl (C=O) groups excluding carboxylic acids is 2. The smallest absolute Gasteiger partial charge is 0.183 e. The summed E-state index contributed by atoms with van der Waals surface area (Å²) in [4.78, 5) is 25.8. The molecular formula is C28H38FN3O5. The Morgan fingerprint density at radius 1 is 1.16 bits per heavy atom. The molecule has 2 atom stereocenters. The molecular weight excluding hydrogens is 477 g/mol. The Morgan fingerprint density at radius 3 is 2.43 bits per heavy atom. The number of rotatable bonds is 12. The molecule has 4 N–H and O–H groups in total. The highest BCUT2D eigenvalue weighted by molar-refractivity contribution is 6.03. The normalized spacial score (nSPS) is 19.5. The molecule has 1 fully saturated rings. The zero-order valence-electron chi connectivity index (χ0n) is 22.0. The molecule has 202 valence electrons. The van der Waals surface area contributed by atoms with E-state index in [4.69, 9.17) is 4.74 Å². The maximum atomic E-state index is 14.9. The van der Waals surface area contributed by atoms with Gasteiger partial charge in [-0.25, -0.2) is 14.8 Å². The fourth-order valence-electron chi connectivity index (χ4n) is 4.94. The van der Waals surface area contributed by atoms with Crippen molar-refractivity contribution in [1.82, 2.24) is 5.32 Å². The largest absolute Gasteiger partial charge is 0.600 e. The van der Waals surface area contributed by atoms with Crippen molar-refractivity contribution < 1.29 is 29.2 Å². The van der Waals surface area contributed by atoms with Gasteiger partial charge in [0.15, 0.2) is 17.9 Å². The Kier molecular flexibility index (Phi) is 10.3. The topological polar surface area (TPSA) is 115 Å². The maximum absolute atomic E-state index is 14.9. The summed E-state index contributed by atoms with van der Waals surface area (Å²) < 4.78 is 20.5. The Bertz CT molecular complexity index is 1080. The minimum atomic E-state index is -0.967. The summed E-state index contributed by atoms with van der Waals surface area (Å²) in [5.41, 5.74) is 2.53. The first-order chi connectivity index (χ1) is 17.6. The van der Waals surface area contributed by atoms with Crippen molar-refractivity contribution in [1.29, 1.82) is 0 Å². The summed E-state index contributed by atoms with van der Waals surface area (Å²) in [5, 5.41) is 25.7. The van der Waals surface area contributed by atoms with Crippen LogP contribution in [0.3, 0.4) is 0 Å². The Hall–Kier alpha value is -2.69. The summed E-state index contributed by atoms with van der Waals surface area (Å²) in [6.07, 6.45) is 1.99. The molecule has 9 heteroatoms. The van der Waals surface area contributed by atoms with Gasteiger partial charge in [0, 0.05) is 40.8 Å². The number of nitrogens with one attached hydrogen (secondary N) is 3. The van der Waals surface area contributed by atoms with E-state index in [1.807, 2.05) is 6.92 Å². The molecule has 2 aromatic rings. The second kappa shape index (κ2) is 13.2. The minimum Gasteiger partial charge on any atom is -0.600 e. The van der Waals surface area contributed by atoms with E-state index in [0.29, 0.717) is 60.2 Å². The number of ether oxygens (including phenoxy) is 1. The number of anilines is 1. The van der Waals surface area contributed by atoms with Gasteiger partial charge in [-0.2, -0.15) is 0 Å². The van der Waals surface area contributed by atoms with E-state index in [9.17, 15) is 24.4 Å². The van der Waals surface area contributed by atoms with E-state index >= 15 is 0 Å². The van der Waals surface area contributed by atoms with Crippen LogP contribution in [0.15, 0.2) is 36.4 Å². The van der Waals surface area contributed by atoms with Crippen LogP contribution in [0.1, 0.15) is 84.2 Å². The van der Waals surface area contributed by atoms with Crippen molar-refractivity contribution in [3.05, 3.63) is 69.7 Å². The average molecular weight is 516 g/mol. The van der Waals surface area contributed by atoms with E-state index in [1.165, 1.54) is 6.07 Å². The third-order valence-electron chi connectivity index (χ3n) is 6.93. The summed E-state index contributed by atoms with van der Waals surface area (Å²) >= 11 is 0. The van der Waals surface area contributed by atoms with Crippen LogP contribution in [0.5, 0.6) is 0 Å². The molecule has 0 heterocycles. The standard InChI is InChI=1S/C28H38FN3O5/c1-5-37-28(30-4)31-25-13-6-18(16-32(35)36)14-23(25)27(34)20-9-7-19(8-10-20)22-12-11-21(15-24(22)29)26(33)17(2)3/h6,11-15,17,19-20,28,30-32,35H,5,7-10,16H2,1-4H3. The zero-order chi connectivity index (χ0) is 27.1. The number of hydrogen-bond acceptors (Lipinski definition) is 7. The molecule has 0 bridgehead atoms. The van der Waals surface area contributed by atoms with Crippen LogP contribution in [-0.4, -0.2) is 36.8 Å². The van der Waals surface area contributed by atoms with E-state index in [0.717, 1.165) is 0 Å². The van der Waals surface area contributed by atoms with Crippen molar-refractivity contribution in [3.63, 3.8) is 0 Å². The van der Waals surface area contributed by atoms with Gasteiger partial charge >= 0.3 is 0 Å². The van der Waals surface area contributed by atoms with Crippen molar-refractivity contribution in [2.75, 3.05) is 19.0 Å². The average Bonchev–Trinajstić information content (AvgIpc) is 2.88. The third kappa shape index (κ3) is 7.43. The number of Topliss-reactive ketones (excluding diaryl/α,β-unsaturated/α-hetero) is 2. The van der Waals surface area contributed by atoms with E-state index in [1.54, 1.807) is 51.2 Å². The number of halogens is 1. The molecule has 0 spiro atoms. The summed E-state index contributed by atoms with van der Waals surface area (Å²) in [6, 6.07) is 9.79. The first-order valence-corrected chi connectivity index (χ1v) is 12.9. The molecule has 0 saturated heterocycles. The van der Waals surface area contributed by atoms with Crippen molar-refractivity contribution in [2.45, 2.75) is 65.3 Å². The predicted octanol–water partition coefficient (Wildman–Crippen LogP) is 4.04. The first-order valence-electron chi connectivity index (χ1n) is 12.9. The maximum Gasteiger partial charge on any atom is 0.183 e. The minimum absolute atomic E-state index is 0.0187. The first kappa shape index (κ1) is 28.9. The molecule has 8 nitrogen and oxygen atoms in total. The van der Waals surface area contributed by atoms with Crippen LogP contribution < -0.4 is 15.9 Å². The van der Waals surface area contributed by atoms with Crippen LogP contribution in [-0.2, 0) is 11.3 Å². The van der Waals surface area contributed by atoms with Gasteiger partial charge in [-0.1, -0.05) is 32.0 Å². The van der Waals surface area contributed by atoms with Gasteiger partial charge < -0.3 is 15.3 Å². The molecule has 0 aliphatic heterocycles. The fraction of sp³-hybridized carbons (Fsp3) is 0.500. The summed E-state index contributed by atoms with van der Waals surface area (Å²) in [6.45, 7) is 5.74. The molecule has 1 aliphatic carbocycles. The van der Waals surface area contributed by atoms with Crippen LogP contribution in [0.2, 0.25) is 0 Å². The van der Waals surface area contributed by atoms with E-state index in [2.05, 4.69) is 10.6 Å². The molecule has 1 saturated carbocycles. The van der Waals surface area contributed by atoms with Crippen molar-refractivity contribution >= 4 is 17.3 Å². The molecule has 2 unspecified atom stereocenters. The second-order valence-corrected chi connectivity index (χ2v) is 9.89. The quantitative estimate of drug-likeness (QED) is 0.192. The fourth-order valence-corrected chi connectivity index (χ4v) is 4.94. The molecule has 3 rings (SSSR count). The van der Waals surface area contributed by atoms with Crippen molar-refractivity contribution in [3.8, 4) is 0 Å². The second-order valence-electron chi connectivity index (χ2n) is 9.89. The summed E-state index contributed by atoms with van der Waals surface area (Å²) in [5.74, 6) is -0.978. The van der Waals surface area contributed by atoms with E-state index < -0.39 is 11.6 Å². The monoisotopic (exact) mass is 515 g/mol. The Balaban J connectivity index is 1.76. The number of benzene rings is 2. The predicted molar refractivity (Wildman–Crippen MR) is 139 cm³/mol. The van der Waals surface area contributed by atoms with Gasteiger partial charge in [0.25, 0.3) is 0 Å². The Morgan fingerprint density at radius 2 is 1.86 bits per heavy atom. The zero-order valence-corrected chi connectivity index (χ0v) is 22.0. The highest BCUT2D eigenvalue weighted by Gasteiger charge is 2.31. The van der Waals surface area contributed by atoms with Crippen LogP contribution in [0.4, 0.5) is 10.1 Å². The highest BCUT2D eigenvalue weighted by Crippen LogP contribution is 2.39. The number of carbonyl (C=O) groups is 2. The molecule has 1 aliphatic rings. The molecule has 0 amide bonds. The van der Waals surface area contributed by atoms with Gasteiger partial charge in [-0.05, 0) is 69.3 Å². The van der Waals surface area contributed by atoms with Gasteiger partial charge in [0.05, 0.1) is 0 Å². The number of quaternary nitrogens is 1. The SMILES string of the molecule is CCOC(NC)Nc1ccc(C[NH+]([O-])O)cc1C(=O)C1CCC(c2ccc(C(=O)C(C)C)cc2F)CC1. The lowest BCUT2D eigenvalue weighted by Crippen LogP contribution is -3.03. The van der Waals surface area contributed by atoms with Crippen LogP contribution >= 0.6 is 0 Å². The highest BCUT2D eigenvalue weighted by atomic mass is 19.1. The van der Waals surface area contributed by atoms with Gasteiger partial charge in [0.1, 0.15) is 12.4 Å². The lowest BCUT2D eigenvalue weighted by molar-refractivity contribution is -1.06. The van der Waals surface area contributed by atoms with Crippen molar-refractivity contribution in [2.24, 2.45) is 11.8 Å². The number of hydrogen-bond donors (Lipinski definition) is 4. The lowest BCUT2D eigenvalue weighted by Gasteiger charge is -2.29. The van der Waals surface area contributed by atoms with Crippen LogP contribution in [0.25, 0.3) is 0 Å². The van der Waals surface area contributed by atoms with Gasteiger partial charge in [-0.15, -0.1) is 0 Å². The number of ketones is 2. The molecule has 37 heavy (non-hydrogen) atoms.